The Kier molecular flexibility index (Phi) is 8.46. The highest BCUT2D eigenvalue weighted by Gasteiger charge is 2.40. The van der Waals surface area contributed by atoms with Crippen molar-refractivity contribution >= 4 is 11.6 Å². The summed E-state index contributed by atoms with van der Waals surface area (Å²) in [6, 6.07) is 15.3. The Morgan fingerprint density at radius 3 is 2.44 bits per heavy atom. The standard InChI is InChI=1S/C27H39N3O2/c1-6-29(7-2)18-10-11-20(4)28-25-23-12-8-9-13-24(23)30(21(5)26(25)31)27(32)22-16-14-19(3)15-17-22/h8-9,12-17,20-21,25-26,28,31H,6-7,10-11,18H2,1-5H3/t20?,21-,25-,26+/m1/s1. The molecule has 0 aromatic heterocycles. The molecule has 0 aliphatic carbocycles. The smallest absolute Gasteiger partial charge is 0.258 e. The van der Waals surface area contributed by atoms with Gasteiger partial charge in [0.2, 0.25) is 0 Å². The highest BCUT2D eigenvalue weighted by atomic mass is 16.3. The van der Waals surface area contributed by atoms with Gasteiger partial charge < -0.3 is 20.2 Å². The lowest BCUT2D eigenvalue weighted by Crippen LogP contribution is -2.55. The van der Waals surface area contributed by atoms with Crippen LogP contribution in [0.3, 0.4) is 0 Å². The van der Waals surface area contributed by atoms with Gasteiger partial charge in [0.05, 0.1) is 18.2 Å². The molecule has 5 heteroatoms. The van der Waals surface area contributed by atoms with E-state index in [0.717, 1.165) is 49.3 Å². The van der Waals surface area contributed by atoms with Crippen molar-refractivity contribution in [2.45, 2.75) is 71.7 Å². The molecule has 0 radical (unpaired) electrons. The van der Waals surface area contributed by atoms with Crippen LogP contribution in [0.4, 0.5) is 5.69 Å². The number of nitrogens with one attached hydrogen (secondary N) is 1. The number of benzene rings is 2. The first kappa shape index (κ1) is 24.4. The lowest BCUT2D eigenvalue weighted by molar-refractivity contribution is 0.0764. The highest BCUT2D eigenvalue weighted by molar-refractivity contribution is 6.07. The number of aliphatic hydroxyl groups is 1. The summed E-state index contributed by atoms with van der Waals surface area (Å²) in [5.41, 5.74) is 3.62. The molecule has 2 aromatic carbocycles. The number of carbonyl (C=O) groups excluding carboxylic acids is 1. The summed E-state index contributed by atoms with van der Waals surface area (Å²) in [5, 5.41) is 14.9. The molecule has 1 amide bonds. The number of nitrogens with zero attached hydrogens (tertiary/aromatic N) is 2. The fourth-order valence-electron chi connectivity index (χ4n) is 4.67. The third kappa shape index (κ3) is 5.40. The Morgan fingerprint density at radius 2 is 1.78 bits per heavy atom. The second kappa shape index (κ2) is 11.1. The summed E-state index contributed by atoms with van der Waals surface area (Å²) in [7, 11) is 0. The lowest BCUT2D eigenvalue weighted by atomic mass is 9.87. The zero-order valence-corrected chi connectivity index (χ0v) is 20.2. The number of aliphatic hydroxyl groups excluding tert-OH is 1. The van der Waals surface area contributed by atoms with E-state index in [1.807, 2.05) is 62.4 Å². The molecule has 0 spiro atoms. The number of aryl methyl sites for hydroxylation is 1. The Balaban J connectivity index is 1.78. The van der Waals surface area contributed by atoms with Crippen molar-refractivity contribution in [3.05, 3.63) is 65.2 Å². The molecule has 5 nitrogen and oxygen atoms in total. The summed E-state index contributed by atoms with van der Waals surface area (Å²) in [5.74, 6) is -0.0743. The van der Waals surface area contributed by atoms with Gasteiger partial charge >= 0.3 is 0 Å². The summed E-state index contributed by atoms with van der Waals surface area (Å²) in [4.78, 5) is 17.6. The molecular formula is C27H39N3O2. The van der Waals surface area contributed by atoms with E-state index in [4.69, 9.17) is 0 Å². The number of amides is 1. The molecule has 2 aromatic rings. The first-order valence-corrected chi connectivity index (χ1v) is 12.0. The number of anilines is 1. The molecule has 1 aliphatic heterocycles. The molecule has 1 aliphatic rings. The topological polar surface area (TPSA) is 55.8 Å². The van der Waals surface area contributed by atoms with Crippen molar-refractivity contribution in [2.24, 2.45) is 0 Å². The van der Waals surface area contributed by atoms with Gasteiger partial charge in [0.15, 0.2) is 0 Å². The minimum absolute atomic E-state index is 0.0743. The number of carbonyl (C=O) groups is 1. The van der Waals surface area contributed by atoms with Crippen LogP contribution in [0.2, 0.25) is 0 Å². The van der Waals surface area contributed by atoms with Gasteiger partial charge in [-0.2, -0.15) is 0 Å². The van der Waals surface area contributed by atoms with E-state index in [9.17, 15) is 9.90 Å². The number of fused-ring (bicyclic) bond motifs is 1. The van der Waals surface area contributed by atoms with E-state index in [1.165, 1.54) is 0 Å². The first-order valence-electron chi connectivity index (χ1n) is 12.0. The Hall–Kier alpha value is -2.21. The maximum absolute atomic E-state index is 13.4. The maximum Gasteiger partial charge on any atom is 0.258 e. The van der Waals surface area contributed by atoms with Crippen LogP contribution in [0.15, 0.2) is 48.5 Å². The minimum atomic E-state index is -0.690. The highest BCUT2D eigenvalue weighted by Crippen LogP contribution is 2.38. The van der Waals surface area contributed by atoms with E-state index < -0.39 is 6.10 Å². The molecular weight excluding hydrogens is 398 g/mol. The summed E-state index contributed by atoms with van der Waals surface area (Å²) >= 11 is 0. The molecule has 0 fully saturated rings. The van der Waals surface area contributed by atoms with Gasteiger partial charge in [0.25, 0.3) is 5.91 Å². The van der Waals surface area contributed by atoms with Crippen molar-refractivity contribution in [3.8, 4) is 0 Å². The quantitative estimate of drug-likeness (QED) is 0.604. The third-order valence-corrected chi connectivity index (χ3v) is 6.76. The first-order chi connectivity index (χ1) is 15.4. The summed E-state index contributed by atoms with van der Waals surface area (Å²) in [6.45, 7) is 13.8. The molecule has 0 saturated carbocycles. The number of rotatable bonds is 9. The van der Waals surface area contributed by atoms with Gasteiger partial charge in [-0.25, -0.2) is 0 Å². The molecule has 1 unspecified atom stereocenters. The van der Waals surface area contributed by atoms with Gasteiger partial charge in [-0.15, -0.1) is 0 Å². The van der Waals surface area contributed by atoms with E-state index in [1.54, 1.807) is 4.90 Å². The minimum Gasteiger partial charge on any atom is -0.389 e. The molecule has 32 heavy (non-hydrogen) atoms. The van der Waals surface area contributed by atoms with E-state index >= 15 is 0 Å². The summed E-state index contributed by atoms with van der Waals surface area (Å²) in [6.07, 6.45) is 1.47. The Labute approximate surface area is 193 Å². The Bertz CT molecular complexity index is 879. The van der Waals surface area contributed by atoms with Crippen LogP contribution in [0.25, 0.3) is 0 Å². The van der Waals surface area contributed by atoms with Crippen LogP contribution in [0, 0.1) is 6.92 Å². The van der Waals surface area contributed by atoms with Gasteiger partial charge in [0.1, 0.15) is 0 Å². The zero-order chi connectivity index (χ0) is 23.3. The maximum atomic E-state index is 13.4. The molecule has 2 N–H and O–H groups in total. The normalized spacial score (nSPS) is 21.5. The number of para-hydroxylation sites is 1. The van der Waals surface area contributed by atoms with E-state index in [0.29, 0.717) is 5.56 Å². The van der Waals surface area contributed by atoms with Gasteiger partial charge in [0, 0.05) is 17.3 Å². The fraction of sp³-hybridized carbons (Fsp3) is 0.519. The van der Waals surface area contributed by atoms with Gasteiger partial charge in [-0.3, -0.25) is 4.79 Å². The van der Waals surface area contributed by atoms with Crippen molar-refractivity contribution < 1.29 is 9.90 Å². The van der Waals surface area contributed by atoms with Gasteiger partial charge in [-0.05, 0) is 77.0 Å². The second-order valence-electron chi connectivity index (χ2n) is 9.05. The fourth-order valence-corrected chi connectivity index (χ4v) is 4.67. The predicted octanol–water partition coefficient (Wildman–Crippen LogP) is 4.55. The SMILES string of the molecule is CCN(CC)CCCC(C)N[C@@H]1c2ccccc2N(C(=O)c2ccc(C)cc2)[C@H](C)[C@@H]1O. The van der Waals surface area contributed by atoms with Crippen molar-refractivity contribution in [1.29, 1.82) is 0 Å². The molecule has 174 valence electrons. The second-order valence-corrected chi connectivity index (χ2v) is 9.05. The molecule has 3 rings (SSSR count). The molecule has 0 bridgehead atoms. The largest absolute Gasteiger partial charge is 0.389 e. The van der Waals surface area contributed by atoms with Crippen molar-refractivity contribution in [1.82, 2.24) is 10.2 Å². The van der Waals surface area contributed by atoms with Crippen LogP contribution in [-0.2, 0) is 0 Å². The molecule has 4 atom stereocenters. The average Bonchev–Trinajstić information content (AvgIpc) is 2.80. The van der Waals surface area contributed by atoms with Crippen LogP contribution in [0.1, 0.15) is 68.1 Å². The molecule has 0 saturated heterocycles. The van der Waals surface area contributed by atoms with Crippen molar-refractivity contribution in [3.63, 3.8) is 0 Å². The van der Waals surface area contributed by atoms with E-state index in [-0.39, 0.29) is 24.0 Å². The lowest BCUT2D eigenvalue weighted by Gasteiger charge is -2.44. The van der Waals surface area contributed by atoms with E-state index in [2.05, 4.69) is 31.0 Å². The monoisotopic (exact) mass is 437 g/mol. The van der Waals surface area contributed by atoms with Crippen LogP contribution in [0.5, 0.6) is 0 Å². The zero-order valence-electron chi connectivity index (χ0n) is 20.2. The Morgan fingerprint density at radius 1 is 1.12 bits per heavy atom. The molecule has 1 heterocycles. The number of hydrogen-bond donors (Lipinski definition) is 2. The predicted molar refractivity (Wildman–Crippen MR) is 132 cm³/mol. The summed E-state index contributed by atoms with van der Waals surface area (Å²) < 4.78 is 0. The van der Waals surface area contributed by atoms with Crippen LogP contribution < -0.4 is 10.2 Å². The van der Waals surface area contributed by atoms with Gasteiger partial charge in [-0.1, -0.05) is 49.7 Å². The average molecular weight is 438 g/mol. The van der Waals surface area contributed by atoms with Crippen LogP contribution in [-0.4, -0.2) is 53.7 Å². The van der Waals surface area contributed by atoms with Crippen molar-refractivity contribution in [2.75, 3.05) is 24.5 Å². The third-order valence-electron chi connectivity index (χ3n) is 6.76. The number of hydrogen-bond acceptors (Lipinski definition) is 4. The van der Waals surface area contributed by atoms with Crippen LogP contribution >= 0.6 is 0 Å².